The van der Waals surface area contributed by atoms with E-state index in [4.69, 9.17) is 5.73 Å². The molecule has 1 aromatic heterocycles. The maximum Gasteiger partial charge on any atom is 0.274 e. The van der Waals surface area contributed by atoms with Gasteiger partial charge < -0.3 is 10.6 Å². The Labute approximate surface area is 123 Å². The molecular weight excluding hydrogens is 271 g/mol. The number of rotatable bonds is 4. The van der Waals surface area contributed by atoms with Crippen LogP contribution in [0.4, 0.5) is 10.1 Å². The van der Waals surface area contributed by atoms with Crippen LogP contribution in [0.1, 0.15) is 35.9 Å². The number of nitrogen functional groups attached to an aromatic ring is 1. The van der Waals surface area contributed by atoms with Crippen molar-refractivity contribution in [2.75, 3.05) is 12.8 Å². The van der Waals surface area contributed by atoms with Crippen LogP contribution in [0.2, 0.25) is 0 Å². The molecule has 0 aliphatic heterocycles. The van der Waals surface area contributed by atoms with Gasteiger partial charge in [0.05, 0.1) is 17.9 Å². The fraction of sp³-hybridized carbons (Fsp3) is 0.333. The highest BCUT2D eigenvalue weighted by molar-refractivity contribution is 5.97. The molecule has 0 aliphatic rings. The monoisotopic (exact) mass is 290 g/mol. The second kappa shape index (κ2) is 5.95. The fourth-order valence-corrected chi connectivity index (χ4v) is 2.18. The molecule has 2 N–H and O–H groups in total. The number of halogens is 1. The van der Waals surface area contributed by atoms with E-state index in [0.717, 1.165) is 5.56 Å². The van der Waals surface area contributed by atoms with Gasteiger partial charge in [-0.15, -0.1) is 0 Å². The van der Waals surface area contributed by atoms with Gasteiger partial charge in [0.1, 0.15) is 11.5 Å². The van der Waals surface area contributed by atoms with Gasteiger partial charge in [-0.1, -0.05) is 12.1 Å². The van der Waals surface area contributed by atoms with E-state index in [1.807, 2.05) is 13.8 Å². The molecule has 0 spiro atoms. The third-order valence-corrected chi connectivity index (χ3v) is 3.62. The van der Waals surface area contributed by atoms with E-state index in [1.54, 1.807) is 28.8 Å². The average molecular weight is 290 g/mol. The minimum atomic E-state index is -0.298. The van der Waals surface area contributed by atoms with E-state index in [1.165, 1.54) is 18.3 Å². The Morgan fingerprint density at radius 1 is 1.43 bits per heavy atom. The first kappa shape index (κ1) is 15.0. The molecule has 1 aromatic carbocycles. The Hall–Kier alpha value is -2.37. The van der Waals surface area contributed by atoms with Gasteiger partial charge in [0.25, 0.3) is 5.91 Å². The molecular formula is C15H19FN4O. The van der Waals surface area contributed by atoms with E-state index in [2.05, 4.69) is 5.10 Å². The Morgan fingerprint density at radius 2 is 2.05 bits per heavy atom. The Morgan fingerprint density at radius 3 is 2.62 bits per heavy atom. The Bertz CT molecular complexity index is 636. The van der Waals surface area contributed by atoms with E-state index in [-0.39, 0.29) is 17.8 Å². The Balaban J connectivity index is 2.26. The van der Waals surface area contributed by atoms with Crippen LogP contribution >= 0.6 is 0 Å². The number of hydrogen-bond donors (Lipinski definition) is 1. The van der Waals surface area contributed by atoms with E-state index in [0.29, 0.717) is 17.9 Å². The summed E-state index contributed by atoms with van der Waals surface area (Å²) >= 11 is 0. The highest BCUT2D eigenvalue weighted by Crippen LogP contribution is 2.23. The van der Waals surface area contributed by atoms with Crippen molar-refractivity contribution in [3.8, 4) is 0 Å². The Kier molecular flexibility index (Phi) is 4.26. The lowest BCUT2D eigenvalue weighted by Gasteiger charge is -2.25. The number of nitrogens with two attached hydrogens (primary N) is 1. The SMILES string of the molecule is CCn1ncc(N)c1C(=O)N(C)C(C)c1ccc(F)cc1. The van der Waals surface area contributed by atoms with Crippen molar-refractivity contribution in [3.05, 3.63) is 47.5 Å². The van der Waals surface area contributed by atoms with Crippen molar-refractivity contribution < 1.29 is 9.18 Å². The highest BCUT2D eigenvalue weighted by atomic mass is 19.1. The van der Waals surface area contributed by atoms with E-state index >= 15 is 0 Å². The second-order valence-corrected chi connectivity index (χ2v) is 4.91. The molecule has 6 heteroatoms. The molecule has 5 nitrogen and oxygen atoms in total. The molecule has 0 radical (unpaired) electrons. The first-order valence-electron chi connectivity index (χ1n) is 6.79. The molecule has 1 atom stereocenters. The molecule has 1 unspecified atom stereocenters. The van der Waals surface area contributed by atoms with Gasteiger partial charge in [-0.25, -0.2) is 4.39 Å². The summed E-state index contributed by atoms with van der Waals surface area (Å²) in [5, 5.41) is 4.08. The number of hydrogen-bond acceptors (Lipinski definition) is 3. The molecule has 21 heavy (non-hydrogen) atoms. The smallest absolute Gasteiger partial charge is 0.274 e. The maximum absolute atomic E-state index is 13.0. The number of aryl methyl sites for hydroxylation is 1. The van der Waals surface area contributed by atoms with Gasteiger partial charge in [-0.2, -0.15) is 5.10 Å². The normalized spacial score (nSPS) is 12.2. The molecule has 0 saturated heterocycles. The molecule has 0 bridgehead atoms. The molecule has 2 rings (SSSR count). The topological polar surface area (TPSA) is 64.2 Å². The lowest BCUT2D eigenvalue weighted by Crippen LogP contribution is -2.32. The molecule has 0 aliphatic carbocycles. The van der Waals surface area contributed by atoms with Crippen LogP contribution < -0.4 is 5.73 Å². The summed E-state index contributed by atoms with van der Waals surface area (Å²) in [4.78, 5) is 14.2. The van der Waals surface area contributed by atoms with Gasteiger partial charge in [-0.3, -0.25) is 9.48 Å². The minimum Gasteiger partial charge on any atom is -0.396 e. The number of carbonyl (C=O) groups is 1. The highest BCUT2D eigenvalue weighted by Gasteiger charge is 2.24. The van der Waals surface area contributed by atoms with Crippen LogP contribution in [0, 0.1) is 5.82 Å². The molecule has 0 fully saturated rings. The predicted octanol–water partition coefficient (Wildman–Crippen LogP) is 2.46. The van der Waals surface area contributed by atoms with Crippen LogP contribution in [0.3, 0.4) is 0 Å². The van der Waals surface area contributed by atoms with Gasteiger partial charge in [0, 0.05) is 13.6 Å². The molecule has 112 valence electrons. The van der Waals surface area contributed by atoms with Crippen molar-refractivity contribution >= 4 is 11.6 Å². The van der Waals surface area contributed by atoms with Crippen LogP contribution in [-0.4, -0.2) is 27.6 Å². The van der Waals surface area contributed by atoms with Gasteiger partial charge in [0.15, 0.2) is 0 Å². The van der Waals surface area contributed by atoms with Crippen LogP contribution in [0.15, 0.2) is 30.5 Å². The predicted molar refractivity (Wildman–Crippen MR) is 79.2 cm³/mol. The number of aromatic nitrogens is 2. The quantitative estimate of drug-likeness (QED) is 0.940. The maximum atomic E-state index is 13.0. The van der Waals surface area contributed by atoms with Gasteiger partial charge >= 0.3 is 0 Å². The van der Waals surface area contributed by atoms with E-state index < -0.39 is 0 Å². The third kappa shape index (κ3) is 2.89. The summed E-state index contributed by atoms with van der Waals surface area (Å²) in [5.74, 6) is -0.503. The minimum absolute atomic E-state index is 0.197. The molecule has 2 aromatic rings. The summed E-state index contributed by atoms with van der Waals surface area (Å²) in [6, 6.07) is 5.91. The number of amides is 1. The largest absolute Gasteiger partial charge is 0.396 e. The first-order chi connectivity index (χ1) is 9.95. The molecule has 1 amide bonds. The zero-order valence-corrected chi connectivity index (χ0v) is 12.4. The summed E-state index contributed by atoms with van der Waals surface area (Å²) in [6.07, 6.45) is 1.48. The standard InChI is InChI=1S/C15H19FN4O/c1-4-20-14(13(17)9-18-20)15(21)19(3)10(2)11-5-7-12(16)8-6-11/h5-10H,4,17H2,1-3H3. The van der Waals surface area contributed by atoms with Gasteiger partial charge in [0.2, 0.25) is 0 Å². The van der Waals surface area contributed by atoms with Crippen molar-refractivity contribution in [2.45, 2.75) is 26.4 Å². The van der Waals surface area contributed by atoms with Crippen molar-refractivity contribution in [1.82, 2.24) is 14.7 Å². The first-order valence-corrected chi connectivity index (χ1v) is 6.79. The molecule has 0 saturated carbocycles. The van der Waals surface area contributed by atoms with Gasteiger partial charge in [-0.05, 0) is 31.5 Å². The van der Waals surface area contributed by atoms with Crippen LogP contribution in [0.5, 0.6) is 0 Å². The van der Waals surface area contributed by atoms with Crippen LogP contribution in [0.25, 0.3) is 0 Å². The summed E-state index contributed by atoms with van der Waals surface area (Å²) in [5.41, 5.74) is 7.43. The lowest BCUT2D eigenvalue weighted by atomic mass is 10.1. The summed E-state index contributed by atoms with van der Waals surface area (Å²) < 4.78 is 14.6. The van der Waals surface area contributed by atoms with Crippen molar-refractivity contribution in [3.63, 3.8) is 0 Å². The lowest BCUT2D eigenvalue weighted by molar-refractivity contribution is 0.0731. The fourth-order valence-electron chi connectivity index (χ4n) is 2.18. The van der Waals surface area contributed by atoms with E-state index in [9.17, 15) is 9.18 Å². The summed E-state index contributed by atoms with van der Waals surface area (Å²) in [7, 11) is 1.70. The second-order valence-electron chi connectivity index (χ2n) is 4.91. The van der Waals surface area contributed by atoms with Crippen molar-refractivity contribution in [1.29, 1.82) is 0 Å². The number of nitrogens with zero attached hydrogens (tertiary/aromatic N) is 3. The number of anilines is 1. The third-order valence-electron chi connectivity index (χ3n) is 3.62. The zero-order valence-electron chi connectivity index (χ0n) is 12.4. The average Bonchev–Trinajstić information content (AvgIpc) is 2.86. The van der Waals surface area contributed by atoms with Crippen LogP contribution in [-0.2, 0) is 6.54 Å². The summed E-state index contributed by atoms with van der Waals surface area (Å²) in [6.45, 7) is 4.34. The zero-order chi connectivity index (χ0) is 15.6. The van der Waals surface area contributed by atoms with Crippen molar-refractivity contribution in [2.24, 2.45) is 0 Å². The molecule has 1 heterocycles. The number of benzene rings is 1. The number of carbonyl (C=O) groups excluding carboxylic acids is 1.